The fraction of sp³-hybridized carbons (Fsp3) is 0.500. The van der Waals surface area contributed by atoms with Gasteiger partial charge in [0.25, 0.3) is 0 Å². The molecule has 1 amide bonds. The summed E-state index contributed by atoms with van der Waals surface area (Å²) in [6, 6.07) is 9.75. The van der Waals surface area contributed by atoms with Gasteiger partial charge in [-0.05, 0) is 25.5 Å². The van der Waals surface area contributed by atoms with Gasteiger partial charge < -0.3 is 5.32 Å². The Morgan fingerprint density at radius 1 is 1.33 bits per heavy atom. The summed E-state index contributed by atoms with van der Waals surface area (Å²) in [7, 11) is -1.61. The lowest BCUT2D eigenvalue weighted by molar-refractivity contribution is -0.120. The second-order valence-electron chi connectivity index (χ2n) is 4.80. The van der Waals surface area contributed by atoms with Gasteiger partial charge in [0, 0.05) is 25.0 Å². The van der Waals surface area contributed by atoms with Crippen LogP contribution in [-0.4, -0.2) is 50.3 Å². The number of sulfonamides is 1. The molecular weight excluding hydrogens is 308 g/mol. The Morgan fingerprint density at radius 2 is 1.95 bits per heavy atom. The highest BCUT2D eigenvalue weighted by molar-refractivity contribution is 8.00. The van der Waals surface area contributed by atoms with Crippen molar-refractivity contribution in [2.75, 3.05) is 26.4 Å². The number of amides is 1. The Morgan fingerprint density at radius 3 is 2.52 bits per heavy atom. The van der Waals surface area contributed by atoms with Crippen molar-refractivity contribution in [3.63, 3.8) is 0 Å². The summed E-state index contributed by atoms with van der Waals surface area (Å²) in [5, 5.41) is 2.65. The van der Waals surface area contributed by atoms with Crippen molar-refractivity contribution in [3.8, 4) is 0 Å². The van der Waals surface area contributed by atoms with Gasteiger partial charge in [-0.1, -0.05) is 18.2 Å². The van der Waals surface area contributed by atoms with Crippen LogP contribution in [0.3, 0.4) is 0 Å². The maximum atomic E-state index is 11.9. The zero-order chi connectivity index (χ0) is 15.9. The van der Waals surface area contributed by atoms with Crippen LogP contribution in [0.4, 0.5) is 0 Å². The quantitative estimate of drug-likeness (QED) is 0.580. The van der Waals surface area contributed by atoms with Crippen molar-refractivity contribution in [1.29, 1.82) is 0 Å². The van der Waals surface area contributed by atoms with Gasteiger partial charge in [-0.25, -0.2) is 12.7 Å². The highest BCUT2D eigenvalue weighted by atomic mass is 32.2. The topological polar surface area (TPSA) is 66.5 Å². The molecule has 5 nitrogen and oxygen atoms in total. The van der Waals surface area contributed by atoms with Crippen LogP contribution in [0, 0.1) is 0 Å². The largest absolute Gasteiger partial charge is 0.355 e. The van der Waals surface area contributed by atoms with Crippen molar-refractivity contribution in [3.05, 3.63) is 30.3 Å². The zero-order valence-corrected chi connectivity index (χ0v) is 14.2. The molecule has 0 aliphatic heterocycles. The van der Waals surface area contributed by atoms with E-state index in [1.165, 1.54) is 29.4 Å². The van der Waals surface area contributed by atoms with E-state index >= 15 is 0 Å². The second kappa shape index (κ2) is 8.41. The first-order valence-electron chi connectivity index (χ1n) is 6.71. The van der Waals surface area contributed by atoms with Crippen molar-refractivity contribution in [1.82, 2.24) is 9.62 Å². The third-order valence-electron chi connectivity index (χ3n) is 2.94. The molecule has 1 aromatic rings. The summed E-state index contributed by atoms with van der Waals surface area (Å²) < 4.78 is 23.7. The number of rotatable bonds is 8. The van der Waals surface area contributed by atoms with E-state index in [-0.39, 0.29) is 11.2 Å². The molecule has 0 saturated carbocycles. The monoisotopic (exact) mass is 330 g/mol. The van der Waals surface area contributed by atoms with Crippen molar-refractivity contribution < 1.29 is 13.2 Å². The van der Waals surface area contributed by atoms with Gasteiger partial charge in [-0.3, -0.25) is 4.79 Å². The fourth-order valence-corrected chi connectivity index (χ4v) is 2.95. The average molecular weight is 330 g/mol. The SMILES string of the molecule is CC(Sc1ccccc1)C(=O)NCCCN(C)S(C)(=O)=O. The first-order valence-corrected chi connectivity index (χ1v) is 9.44. The number of hydrogen-bond donors (Lipinski definition) is 1. The first kappa shape index (κ1) is 18.0. The molecule has 21 heavy (non-hydrogen) atoms. The van der Waals surface area contributed by atoms with E-state index in [2.05, 4.69) is 5.32 Å². The summed E-state index contributed by atoms with van der Waals surface area (Å²) in [4.78, 5) is 13.0. The van der Waals surface area contributed by atoms with E-state index in [1.54, 1.807) is 0 Å². The third kappa shape index (κ3) is 6.97. The van der Waals surface area contributed by atoms with E-state index in [0.717, 1.165) is 4.90 Å². The van der Waals surface area contributed by atoms with Crippen LogP contribution < -0.4 is 5.32 Å². The van der Waals surface area contributed by atoms with Crippen LogP contribution in [0.25, 0.3) is 0 Å². The summed E-state index contributed by atoms with van der Waals surface area (Å²) in [6.07, 6.45) is 1.77. The standard InChI is InChI=1S/C14H22N2O3S2/c1-12(20-13-8-5-4-6-9-13)14(17)15-10-7-11-16(2)21(3,18)19/h4-6,8-9,12H,7,10-11H2,1-3H3,(H,15,17). The lowest BCUT2D eigenvalue weighted by Gasteiger charge is -2.15. The van der Waals surface area contributed by atoms with Crippen molar-refractivity contribution >= 4 is 27.7 Å². The number of hydrogen-bond acceptors (Lipinski definition) is 4. The van der Waals surface area contributed by atoms with Gasteiger partial charge in [0.2, 0.25) is 15.9 Å². The van der Waals surface area contributed by atoms with E-state index in [9.17, 15) is 13.2 Å². The van der Waals surface area contributed by atoms with Crippen LogP contribution in [0.15, 0.2) is 35.2 Å². The molecule has 1 rings (SSSR count). The van der Waals surface area contributed by atoms with Gasteiger partial charge >= 0.3 is 0 Å². The maximum absolute atomic E-state index is 11.9. The molecule has 1 atom stereocenters. The number of nitrogens with zero attached hydrogens (tertiary/aromatic N) is 1. The lowest BCUT2D eigenvalue weighted by atomic mass is 10.4. The average Bonchev–Trinajstić information content (AvgIpc) is 2.43. The summed E-state index contributed by atoms with van der Waals surface area (Å²) in [6.45, 7) is 2.73. The van der Waals surface area contributed by atoms with E-state index < -0.39 is 10.0 Å². The van der Waals surface area contributed by atoms with Crippen LogP contribution in [0.2, 0.25) is 0 Å². The van der Waals surface area contributed by atoms with E-state index in [1.807, 2.05) is 37.3 Å². The van der Waals surface area contributed by atoms with Gasteiger partial charge in [0.05, 0.1) is 11.5 Å². The smallest absolute Gasteiger partial charge is 0.233 e. The minimum absolute atomic E-state index is 0.0362. The van der Waals surface area contributed by atoms with Gasteiger partial charge in [-0.15, -0.1) is 11.8 Å². The Labute approximate surface area is 131 Å². The Hall–Kier alpha value is -1.05. The molecule has 0 aliphatic carbocycles. The highest BCUT2D eigenvalue weighted by Gasteiger charge is 2.14. The van der Waals surface area contributed by atoms with E-state index in [0.29, 0.717) is 19.5 Å². The minimum atomic E-state index is -3.14. The molecule has 0 saturated heterocycles. The Bertz CT molecular complexity index is 547. The van der Waals surface area contributed by atoms with Crippen LogP contribution in [0.1, 0.15) is 13.3 Å². The van der Waals surface area contributed by atoms with Crippen molar-refractivity contribution in [2.24, 2.45) is 0 Å². The predicted octanol–water partition coefficient (Wildman–Crippen LogP) is 1.56. The fourth-order valence-electron chi connectivity index (χ4n) is 1.58. The maximum Gasteiger partial charge on any atom is 0.233 e. The molecule has 1 unspecified atom stereocenters. The molecule has 118 valence electrons. The molecule has 1 N–H and O–H groups in total. The molecule has 1 aromatic carbocycles. The number of thioether (sulfide) groups is 1. The number of benzene rings is 1. The lowest BCUT2D eigenvalue weighted by Crippen LogP contribution is -2.34. The molecule has 0 aromatic heterocycles. The first-order chi connectivity index (χ1) is 9.80. The molecule has 0 fully saturated rings. The van der Waals surface area contributed by atoms with Crippen molar-refractivity contribution in [2.45, 2.75) is 23.5 Å². The summed E-state index contributed by atoms with van der Waals surface area (Å²) in [5.74, 6) is -0.0362. The number of carbonyl (C=O) groups excluding carboxylic acids is 1. The Kier molecular flexibility index (Phi) is 7.21. The zero-order valence-electron chi connectivity index (χ0n) is 12.6. The van der Waals surface area contributed by atoms with Gasteiger partial charge in [-0.2, -0.15) is 0 Å². The highest BCUT2D eigenvalue weighted by Crippen LogP contribution is 2.22. The minimum Gasteiger partial charge on any atom is -0.355 e. The molecule has 7 heteroatoms. The van der Waals surface area contributed by atoms with Crippen LogP contribution >= 0.6 is 11.8 Å². The normalized spacial score (nSPS) is 13.1. The molecule has 0 radical (unpaired) electrons. The molecular formula is C14H22N2O3S2. The third-order valence-corrected chi connectivity index (χ3v) is 5.37. The van der Waals surface area contributed by atoms with Gasteiger partial charge in [0.1, 0.15) is 0 Å². The van der Waals surface area contributed by atoms with Crippen LogP contribution in [0.5, 0.6) is 0 Å². The number of carbonyl (C=O) groups is 1. The van der Waals surface area contributed by atoms with Gasteiger partial charge in [0.15, 0.2) is 0 Å². The Balaban J connectivity index is 2.27. The van der Waals surface area contributed by atoms with E-state index in [4.69, 9.17) is 0 Å². The molecule has 0 bridgehead atoms. The molecule has 0 heterocycles. The van der Waals surface area contributed by atoms with Crippen LogP contribution in [-0.2, 0) is 14.8 Å². The summed E-state index contributed by atoms with van der Waals surface area (Å²) in [5.41, 5.74) is 0. The molecule has 0 spiro atoms. The number of nitrogens with one attached hydrogen (secondary N) is 1. The predicted molar refractivity (Wildman–Crippen MR) is 86.9 cm³/mol. The summed E-state index contributed by atoms with van der Waals surface area (Å²) >= 11 is 1.50. The second-order valence-corrected chi connectivity index (χ2v) is 8.31. The molecule has 0 aliphatic rings.